The van der Waals surface area contributed by atoms with Crippen LogP contribution in [0.15, 0.2) is 48.0 Å². The molecule has 0 bridgehead atoms. The lowest BCUT2D eigenvalue weighted by Gasteiger charge is -2.17. The molecule has 0 aliphatic heterocycles. The van der Waals surface area contributed by atoms with E-state index in [-0.39, 0.29) is 5.56 Å². The van der Waals surface area contributed by atoms with Gasteiger partial charge in [-0.2, -0.15) is 5.26 Å². The highest BCUT2D eigenvalue weighted by Crippen LogP contribution is 2.36. The molecule has 0 atom stereocenters. The van der Waals surface area contributed by atoms with Crippen LogP contribution in [0.4, 0.5) is 11.4 Å². The van der Waals surface area contributed by atoms with Gasteiger partial charge < -0.3 is 20.4 Å². The van der Waals surface area contributed by atoms with Gasteiger partial charge in [0, 0.05) is 24.4 Å². The predicted molar refractivity (Wildman–Crippen MR) is 108 cm³/mol. The van der Waals surface area contributed by atoms with Crippen LogP contribution in [0, 0.1) is 21.4 Å². The lowest BCUT2D eigenvalue weighted by Crippen LogP contribution is -2.35. The number of nitrogens with one attached hydrogen (secondary N) is 1. The zero-order valence-electron chi connectivity index (χ0n) is 15.5. The first-order valence-corrected chi connectivity index (χ1v) is 8.64. The number of nitro groups is 1. The number of rotatable bonds is 6. The summed E-state index contributed by atoms with van der Waals surface area (Å²) in [5.41, 5.74) is -1.39. The zero-order chi connectivity index (χ0) is 22.4. The molecule has 0 spiro atoms. The summed E-state index contributed by atoms with van der Waals surface area (Å²) in [7, 11) is 1.24. The molecule has 0 fully saturated rings. The van der Waals surface area contributed by atoms with Crippen molar-refractivity contribution in [2.75, 3.05) is 18.9 Å². The number of aromatic hydroxyl groups is 1. The summed E-state index contributed by atoms with van der Waals surface area (Å²) < 4.78 is 0. The quantitative estimate of drug-likeness (QED) is 0.209. The Bertz CT molecular complexity index is 1080. The number of anilines is 1. The van der Waals surface area contributed by atoms with Crippen molar-refractivity contribution >= 4 is 40.5 Å². The monoisotopic (exact) mass is 430 g/mol. The predicted octanol–water partition coefficient (Wildman–Crippen LogP) is 2.84. The number of aliphatic hydroxyl groups excluding tert-OH is 1. The van der Waals surface area contributed by atoms with E-state index in [2.05, 4.69) is 5.32 Å². The van der Waals surface area contributed by atoms with Gasteiger partial charge >= 0.3 is 5.69 Å². The minimum absolute atomic E-state index is 0.323. The van der Waals surface area contributed by atoms with E-state index in [1.165, 1.54) is 13.1 Å². The van der Waals surface area contributed by atoms with Crippen LogP contribution in [-0.2, 0) is 9.59 Å². The Morgan fingerprint density at radius 2 is 1.93 bits per heavy atom. The number of nitrogens with zero attached hydrogens (tertiary/aromatic N) is 3. The van der Waals surface area contributed by atoms with Gasteiger partial charge in [-0.25, -0.2) is 0 Å². The van der Waals surface area contributed by atoms with Gasteiger partial charge in [0.05, 0.1) is 16.5 Å². The first-order valence-electron chi connectivity index (χ1n) is 8.26. The van der Waals surface area contributed by atoms with E-state index in [1.54, 1.807) is 30.3 Å². The van der Waals surface area contributed by atoms with Gasteiger partial charge in [-0.1, -0.05) is 29.8 Å². The van der Waals surface area contributed by atoms with E-state index in [1.807, 2.05) is 0 Å². The Hall–Kier alpha value is -4.10. The molecule has 0 radical (unpaired) electrons. The van der Waals surface area contributed by atoms with Crippen LogP contribution < -0.4 is 5.32 Å². The average Bonchev–Trinajstić information content (AvgIpc) is 2.70. The molecule has 30 heavy (non-hydrogen) atoms. The Balaban J connectivity index is 2.28. The van der Waals surface area contributed by atoms with Gasteiger partial charge in [0.1, 0.15) is 11.8 Å². The maximum absolute atomic E-state index is 12.5. The van der Waals surface area contributed by atoms with Gasteiger partial charge in [-0.15, -0.1) is 0 Å². The number of amides is 2. The number of carbonyl (C=O) groups excluding carboxylic acids is 2. The van der Waals surface area contributed by atoms with Crippen molar-refractivity contribution in [2.45, 2.75) is 0 Å². The summed E-state index contributed by atoms with van der Waals surface area (Å²) in [4.78, 5) is 35.6. The highest BCUT2D eigenvalue weighted by molar-refractivity contribution is 6.32. The summed E-state index contributed by atoms with van der Waals surface area (Å²) in [6.45, 7) is -0.428. The number of aliphatic hydroxyl groups is 1. The maximum Gasteiger partial charge on any atom is 0.313 e. The summed E-state index contributed by atoms with van der Waals surface area (Å²) in [6.07, 6.45) is 0. The van der Waals surface area contributed by atoms with Crippen LogP contribution in [0.1, 0.15) is 5.56 Å². The summed E-state index contributed by atoms with van der Waals surface area (Å²) in [5, 5.41) is 42.4. The molecule has 2 aromatic rings. The molecular weight excluding hydrogens is 416 g/mol. The van der Waals surface area contributed by atoms with Crippen molar-refractivity contribution < 1.29 is 24.7 Å². The molecule has 0 aliphatic rings. The number of hydrogen-bond acceptors (Lipinski definition) is 7. The van der Waals surface area contributed by atoms with Crippen molar-refractivity contribution in [3.8, 4) is 11.8 Å². The first-order chi connectivity index (χ1) is 14.1. The molecule has 0 unspecified atom stereocenters. The summed E-state index contributed by atoms with van der Waals surface area (Å²) in [6, 6.07) is 11.7. The fourth-order valence-corrected chi connectivity index (χ4v) is 2.62. The third kappa shape index (κ3) is 5.03. The minimum atomic E-state index is -0.995. The van der Waals surface area contributed by atoms with Gasteiger partial charge in [0.25, 0.3) is 5.91 Å². The van der Waals surface area contributed by atoms with Crippen LogP contribution in [0.5, 0.6) is 5.75 Å². The van der Waals surface area contributed by atoms with E-state index in [4.69, 9.17) is 11.6 Å². The first kappa shape index (κ1) is 22.2. The maximum atomic E-state index is 12.5. The third-order valence-corrected chi connectivity index (χ3v) is 4.15. The molecule has 154 valence electrons. The fraction of sp³-hybridized carbons (Fsp3) is 0.105. The van der Waals surface area contributed by atoms with E-state index >= 15 is 0 Å². The van der Waals surface area contributed by atoms with Crippen LogP contribution in [-0.4, -0.2) is 45.4 Å². The highest BCUT2D eigenvalue weighted by atomic mass is 35.5. The Labute approximate surface area is 175 Å². The van der Waals surface area contributed by atoms with E-state index in [9.17, 15) is 35.2 Å². The van der Waals surface area contributed by atoms with Crippen LogP contribution in [0.3, 0.4) is 0 Å². The number of para-hydroxylation sites is 1. The van der Waals surface area contributed by atoms with E-state index in [0.29, 0.717) is 5.69 Å². The number of nitro benzene ring substituents is 1. The highest BCUT2D eigenvalue weighted by Gasteiger charge is 2.25. The van der Waals surface area contributed by atoms with Crippen molar-refractivity contribution in [1.29, 1.82) is 5.26 Å². The van der Waals surface area contributed by atoms with Crippen molar-refractivity contribution in [1.82, 2.24) is 4.90 Å². The van der Waals surface area contributed by atoms with Crippen LogP contribution >= 0.6 is 11.6 Å². The standard InChI is InChI=1S/C19H15ClN4O6/c1-23(10-16(25)22-12-5-3-2-4-6-12)19(28)13(9-21)17(26)11-7-14(20)18(27)15(8-11)24(29)30/h2-8,26-27H,10H2,1H3,(H,22,25)/b17-13-. The van der Waals surface area contributed by atoms with Gasteiger partial charge in [-0.3, -0.25) is 19.7 Å². The van der Waals surface area contributed by atoms with Crippen LogP contribution in [0.25, 0.3) is 5.76 Å². The van der Waals surface area contributed by atoms with Gasteiger partial charge in [0.15, 0.2) is 5.57 Å². The summed E-state index contributed by atoms with van der Waals surface area (Å²) in [5.74, 6) is -3.25. The number of hydrogen-bond donors (Lipinski definition) is 3. The lowest BCUT2D eigenvalue weighted by atomic mass is 10.1. The number of halogens is 1. The van der Waals surface area contributed by atoms with Crippen molar-refractivity contribution in [2.24, 2.45) is 0 Å². The third-order valence-electron chi connectivity index (χ3n) is 3.86. The number of phenols is 1. The number of likely N-dealkylation sites (N-methyl/N-ethyl adjacent to an activating group) is 1. The Kier molecular flexibility index (Phi) is 6.95. The molecule has 0 saturated heterocycles. The molecule has 11 heteroatoms. The molecule has 0 heterocycles. The number of carbonyl (C=O) groups is 2. The SMILES string of the molecule is CN(CC(=O)Nc1ccccc1)C(=O)/C(C#N)=C(\O)c1cc(Cl)c(O)c([N+](=O)[O-])c1. The smallest absolute Gasteiger partial charge is 0.313 e. The summed E-state index contributed by atoms with van der Waals surface area (Å²) >= 11 is 5.72. The Morgan fingerprint density at radius 1 is 1.30 bits per heavy atom. The Morgan fingerprint density at radius 3 is 2.50 bits per heavy atom. The normalized spacial score (nSPS) is 11.1. The largest absolute Gasteiger partial charge is 0.506 e. The van der Waals surface area contributed by atoms with Crippen molar-refractivity contribution in [3.05, 3.63) is 68.7 Å². The number of phenolic OH excluding ortho intramolecular Hbond substituents is 1. The van der Waals surface area contributed by atoms with Gasteiger partial charge in [0.2, 0.25) is 11.7 Å². The lowest BCUT2D eigenvalue weighted by molar-refractivity contribution is -0.385. The second kappa shape index (κ2) is 9.40. The van der Waals surface area contributed by atoms with Crippen LogP contribution in [0.2, 0.25) is 5.02 Å². The molecule has 0 saturated carbocycles. The average molecular weight is 431 g/mol. The fourth-order valence-electron chi connectivity index (χ4n) is 2.41. The zero-order valence-corrected chi connectivity index (χ0v) is 16.3. The molecular formula is C19H15ClN4O6. The number of nitriles is 1. The molecule has 2 rings (SSSR count). The molecule has 2 amide bonds. The molecule has 2 aromatic carbocycles. The van der Waals surface area contributed by atoms with Gasteiger partial charge in [-0.05, 0) is 18.2 Å². The van der Waals surface area contributed by atoms with E-state index in [0.717, 1.165) is 17.0 Å². The molecule has 10 nitrogen and oxygen atoms in total. The topological polar surface area (TPSA) is 157 Å². The number of benzene rings is 2. The van der Waals surface area contributed by atoms with E-state index < -0.39 is 51.1 Å². The van der Waals surface area contributed by atoms with Crippen molar-refractivity contribution in [3.63, 3.8) is 0 Å². The minimum Gasteiger partial charge on any atom is -0.506 e. The molecule has 0 aromatic heterocycles. The second-order valence-electron chi connectivity index (χ2n) is 5.99. The second-order valence-corrected chi connectivity index (χ2v) is 6.40. The molecule has 0 aliphatic carbocycles. The molecule has 3 N–H and O–H groups in total.